The molecule has 1 aliphatic rings. The molecule has 2 aromatic rings. The number of carbonyl (C=O) groups is 2. The Labute approximate surface area is 182 Å². The number of hydrogen-bond donors (Lipinski definition) is 1. The van der Waals surface area contributed by atoms with Crippen LogP contribution in [-0.4, -0.2) is 51.3 Å². The zero-order valence-electron chi connectivity index (χ0n) is 18.0. The Morgan fingerprint density at radius 3 is 2.47 bits per heavy atom. The highest BCUT2D eigenvalue weighted by atomic mass is 35.5. The zero-order valence-corrected chi connectivity index (χ0v) is 18.8. The fourth-order valence-electron chi connectivity index (χ4n) is 3.36. The number of halogens is 1. The first-order valence-corrected chi connectivity index (χ1v) is 10.2. The van der Waals surface area contributed by atoms with Gasteiger partial charge in [0.15, 0.2) is 0 Å². The van der Waals surface area contributed by atoms with Crippen molar-refractivity contribution in [2.24, 2.45) is 12.1 Å². The summed E-state index contributed by atoms with van der Waals surface area (Å²) in [5.41, 5.74) is 2.36. The molecule has 0 fully saturated rings. The van der Waals surface area contributed by atoms with Gasteiger partial charge in [-0.15, -0.1) is 0 Å². The van der Waals surface area contributed by atoms with Crippen molar-refractivity contribution in [2.45, 2.75) is 38.8 Å². The maximum atomic E-state index is 13.1. The molecule has 0 radical (unpaired) electrons. The van der Waals surface area contributed by atoms with E-state index in [1.54, 1.807) is 7.05 Å². The van der Waals surface area contributed by atoms with E-state index >= 15 is 0 Å². The third-order valence-electron chi connectivity index (χ3n) is 4.86. The molecule has 8 heteroatoms. The Morgan fingerprint density at radius 1 is 1.23 bits per heavy atom. The summed E-state index contributed by atoms with van der Waals surface area (Å²) in [5, 5.41) is 9.64. The number of benzene rings is 1. The van der Waals surface area contributed by atoms with E-state index in [1.807, 2.05) is 75.0 Å². The summed E-state index contributed by atoms with van der Waals surface area (Å²) < 4.78 is 1.98. The maximum absolute atomic E-state index is 13.1. The highest BCUT2D eigenvalue weighted by Gasteiger charge is 2.34. The largest absolute Gasteiger partial charge is 0.350 e. The minimum Gasteiger partial charge on any atom is -0.350 e. The van der Waals surface area contributed by atoms with E-state index in [0.717, 1.165) is 17.0 Å². The highest BCUT2D eigenvalue weighted by Crippen LogP contribution is 2.33. The van der Waals surface area contributed by atoms with Gasteiger partial charge in [-0.25, -0.2) is 9.80 Å². The van der Waals surface area contributed by atoms with E-state index in [2.05, 4.69) is 10.4 Å². The summed E-state index contributed by atoms with van der Waals surface area (Å²) in [6.45, 7) is 5.62. The lowest BCUT2D eigenvalue weighted by Gasteiger charge is -2.27. The first-order valence-electron chi connectivity index (χ1n) is 9.85. The molecular weight excluding hydrogens is 402 g/mol. The predicted octanol–water partition coefficient (Wildman–Crippen LogP) is 3.80. The Bertz CT molecular complexity index is 959. The second kappa shape index (κ2) is 8.52. The predicted molar refractivity (Wildman–Crippen MR) is 119 cm³/mol. The van der Waals surface area contributed by atoms with Crippen molar-refractivity contribution in [3.05, 3.63) is 58.9 Å². The number of nitrogens with one attached hydrogen (secondary N) is 1. The van der Waals surface area contributed by atoms with Gasteiger partial charge in [-0.05, 0) is 50.6 Å². The van der Waals surface area contributed by atoms with E-state index < -0.39 is 0 Å². The van der Waals surface area contributed by atoms with Gasteiger partial charge in [0, 0.05) is 37.3 Å². The summed E-state index contributed by atoms with van der Waals surface area (Å²) >= 11 is 6.04. The van der Waals surface area contributed by atoms with Crippen LogP contribution in [0.2, 0.25) is 5.02 Å². The first-order chi connectivity index (χ1) is 14.0. The van der Waals surface area contributed by atoms with Gasteiger partial charge in [0.1, 0.15) is 6.54 Å². The van der Waals surface area contributed by atoms with Crippen molar-refractivity contribution in [3.8, 4) is 0 Å². The van der Waals surface area contributed by atoms with Crippen molar-refractivity contribution in [3.63, 3.8) is 0 Å². The molecule has 160 valence electrons. The van der Waals surface area contributed by atoms with Gasteiger partial charge in [0.25, 0.3) is 5.91 Å². The monoisotopic (exact) mass is 429 g/mol. The smallest absolute Gasteiger partial charge is 0.318 e. The number of nitrogens with zero attached hydrogens (tertiary/aromatic N) is 4. The first kappa shape index (κ1) is 21.9. The van der Waals surface area contributed by atoms with Crippen molar-refractivity contribution in [2.75, 3.05) is 13.6 Å². The van der Waals surface area contributed by atoms with Gasteiger partial charge in [0.2, 0.25) is 0 Å². The van der Waals surface area contributed by atoms with Gasteiger partial charge in [-0.2, -0.15) is 5.10 Å². The van der Waals surface area contributed by atoms with Crippen LogP contribution in [0.4, 0.5) is 4.79 Å². The summed E-state index contributed by atoms with van der Waals surface area (Å²) in [5.74, 6) is -0.245. The topological polar surface area (TPSA) is 69.9 Å². The van der Waals surface area contributed by atoms with Crippen LogP contribution < -0.4 is 5.32 Å². The summed E-state index contributed by atoms with van der Waals surface area (Å²) in [6.07, 6.45) is 2.54. The van der Waals surface area contributed by atoms with Gasteiger partial charge in [-0.1, -0.05) is 23.7 Å². The number of urea groups is 1. The number of aromatic nitrogens is 1. The number of carbonyl (C=O) groups excluding carboxylic acids is 2. The lowest BCUT2D eigenvalue weighted by molar-refractivity contribution is -0.133. The van der Waals surface area contributed by atoms with Crippen LogP contribution in [0.3, 0.4) is 0 Å². The van der Waals surface area contributed by atoms with E-state index in [-0.39, 0.29) is 30.1 Å². The van der Waals surface area contributed by atoms with Crippen molar-refractivity contribution >= 4 is 29.3 Å². The van der Waals surface area contributed by atoms with E-state index in [9.17, 15) is 9.59 Å². The Hall–Kier alpha value is -2.80. The standard InChI is InChI=1S/C22H28ClN5O2/c1-22(2,3)24-21(30)27(5)14-20(29)28-19(15-8-10-16(23)11-9-15)13-17(25-28)18-7-6-12-26(18)4/h6-12,19H,13-14H2,1-5H3,(H,24,30)/t19-/m1/s1. The molecule has 30 heavy (non-hydrogen) atoms. The number of hydrogen-bond acceptors (Lipinski definition) is 3. The average molecular weight is 430 g/mol. The molecule has 0 spiro atoms. The molecule has 1 aromatic carbocycles. The summed E-state index contributed by atoms with van der Waals surface area (Å²) in [4.78, 5) is 26.9. The van der Waals surface area contributed by atoms with E-state index in [0.29, 0.717) is 11.4 Å². The molecule has 3 amide bonds. The van der Waals surface area contributed by atoms with Crippen LogP contribution >= 0.6 is 11.6 Å². The van der Waals surface area contributed by atoms with Crippen LogP contribution in [-0.2, 0) is 11.8 Å². The number of aryl methyl sites for hydroxylation is 1. The number of hydrazone groups is 1. The SMILES string of the molecule is CN(CC(=O)N1N=C(c2cccn2C)C[C@@H]1c1ccc(Cl)cc1)C(=O)NC(C)(C)C. The molecular formula is C22H28ClN5O2. The fourth-order valence-corrected chi connectivity index (χ4v) is 3.49. The quantitative estimate of drug-likeness (QED) is 0.803. The molecule has 1 N–H and O–H groups in total. The fraction of sp³-hybridized carbons (Fsp3) is 0.409. The van der Waals surface area contributed by atoms with Gasteiger partial charge < -0.3 is 14.8 Å². The molecule has 0 unspecified atom stereocenters. The molecule has 2 heterocycles. The van der Waals surface area contributed by atoms with Crippen LogP contribution in [0.25, 0.3) is 0 Å². The van der Waals surface area contributed by atoms with Crippen LogP contribution in [0.15, 0.2) is 47.7 Å². The van der Waals surface area contributed by atoms with Crippen LogP contribution in [0.1, 0.15) is 44.5 Å². The van der Waals surface area contributed by atoms with E-state index in [1.165, 1.54) is 9.91 Å². The van der Waals surface area contributed by atoms with Gasteiger partial charge in [-0.3, -0.25) is 4.79 Å². The molecule has 7 nitrogen and oxygen atoms in total. The Kier molecular flexibility index (Phi) is 6.22. The summed E-state index contributed by atoms with van der Waals surface area (Å²) in [6, 6.07) is 10.8. The number of amides is 3. The van der Waals surface area contributed by atoms with E-state index in [4.69, 9.17) is 11.6 Å². The number of likely N-dealkylation sites (N-methyl/N-ethyl adjacent to an activating group) is 1. The lowest BCUT2D eigenvalue weighted by atomic mass is 10.0. The second-order valence-corrected chi connectivity index (χ2v) is 9.03. The molecule has 0 saturated carbocycles. The van der Waals surface area contributed by atoms with Crippen LogP contribution in [0.5, 0.6) is 0 Å². The second-order valence-electron chi connectivity index (χ2n) is 8.60. The van der Waals surface area contributed by atoms with Crippen LogP contribution in [0, 0.1) is 0 Å². The van der Waals surface area contributed by atoms with Gasteiger partial charge in [0.05, 0.1) is 17.4 Å². The molecule has 1 aliphatic heterocycles. The normalized spacial score (nSPS) is 16.4. The molecule has 0 bridgehead atoms. The molecule has 0 saturated heterocycles. The number of rotatable bonds is 4. The Morgan fingerprint density at radius 2 is 1.90 bits per heavy atom. The lowest BCUT2D eigenvalue weighted by Crippen LogP contribution is -2.49. The zero-order chi connectivity index (χ0) is 22.1. The third-order valence-corrected chi connectivity index (χ3v) is 5.11. The molecule has 0 aliphatic carbocycles. The van der Waals surface area contributed by atoms with Crippen molar-refractivity contribution < 1.29 is 9.59 Å². The molecule has 3 rings (SSSR count). The molecule has 1 aromatic heterocycles. The average Bonchev–Trinajstić information content (AvgIpc) is 3.27. The summed E-state index contributed by atoms with van der Waals surface area (Å²) in [7, 11) is 3.55. The van der Waals surface area contributed by atoms with Crippen molar-refractivity contribution in [1.29, 1.82) is 0 Å². The Balaban J connectivity index is 1.84. The highest BCUT2D eigenvalue weighted by molar-refractivity contribution is 6.30. The maximum Gasteiger partial charge on any atom is 0.318 e. The third kappa shape index (κ3) is 5.02. The van der Waals surface area contributed by atoms with Gasteiger partial charge >= 0.3 is 6.03 Å². The van der Waals surface area contributed by atoms with Crippen molar-refractivity contribution in [1.82, 2.24) is 19.8 Å². The molecule has 1 atom stereocenters. The minimum atomic E-state index is -0.383. The minimum absolute atomic E-state index is 0.0735.